The summed E-state index contributed by atoms with van der Waals surface area (Å²) in [5, 5.41) is 0. The lowest BCUT2D eigenvalue weighted by atomic mass is 10.0. The van der Waals surface area contributed by atoms with Gasteiger partial charge in [-0.3, -0.25) is 0 Å². The van der Waals surface area contributed by atoms with Crippen molar-refractivity contribution in [2.45, 2.75) is 65.9 Å². The van der Waals surface area contributed by atoms with Crippen LogP contribution in [0.2, 0.25) is 0 Å². The van der Waals surface area contributed by atoms with Crippen molar-refractivity contribution in [1.82, 2.24) is 0 Å². The van der Waals surface area contributed by atoms with E-state index in [-0.39, 0.29) is 0 Å². The van der Waals surface area contributed by atoms with Gasteiger partial charge in [-0.1, -0.05) is 40.0 Å². The summed E-state index contributed by atoms with van der Waals surface area (Å²) in [5.74, 6) is 0.739. The predicted molar refractivity (Wildman–Crippen MR) is 69.8 cm³/mol. The van der Waals surface area contributed by atoms with E-state index in [9.17, 15) is 0 Å². The van der Waals surface area contributed by atoms with E-state index in [0.717, 1.165) is 32.2 Å². The number of hydrogen-bond acceptors (Lipinski definition) is 2. The van der Waals surface area contributed by atoms with E-state index in [4.69, 9.17) is 9.47 Å². The van der Waals surface area contributed by atoms with Gasteiger partial charge in [-0.25, -0.2) is 0 Å². The second-order valence-corrected chi connectivity index (χ2v) is 4.58. The largest absolute Gasteiger partial charge is 0.379 e. The van der Waals surface area contributed by atoms with Crippen LogP contribution in [-0.4, -0.2) is 25.9 Å². The van der Waals surface area contributed by atoms with Crippen molar-refractivity contribution in [2.75, 3.05) is 19.8 Å². The molecule has 2 atom stereocenters. The molecule has 0 bridgehead atoms. The lowest BCUT2D eigenvalue weighted by Crippen LogP contribution is -2.15. The van der Waals surface area contributed by atoms with Gasteiger partial charge >= 0.3 is 0 Å². The topological polar surface area (TPSA) is 18.5 Å². The molecule has 0 N–H and O–H groups in total. The summed E-state index contributed by atoms with van der Waals surface area (Å²) in [6.45, 7) is 11.1. The normalized spacial score (nSPS) is 15.0. The number of ether oxygens (including phenoxy) is 2. The highest BCUT2D eigenvalue weighted by molar-refractivity contribution is 4.55. The minimum absolute atomic E-state index is 0.366. The number of rotatable bonds is 11. The smallest absolute Gasteiger partial charge is 0.0704 e. The summed E-state index contributed by atoms with van der Waals surface area (Å²) in [5.41, 5.74) is 0. The zero-order valence-electron chi connectivity index (χ0n) is 11.6. The Morgan fingerprint density at radius 3 is 2.31 bits per heavy atom. The van der Waals surface area contributed by atoms with Crippen LogP contribution in [-0.2, 0) is 9.47 Å². The fourth-order valence-corrected chi connectivity index (χ4v) is 1.57. The second kappa shape index (κ2) is 11.4. The lowest BCUT2D eigenvalue weighted by Gasteiger charge is -2.15. The molecular weight excluding hydrogens is 200 g/mol. The van der Waals surface area contributed by atoms with Crippen molar-refractivity contribution >= 4 is 0 Å². The van der Waals surface area contributed by atoms with Crippen molar-refractivity contribution in [1.29, 1.82) is 0 Å². The molecule has 0 heterocycles. The van der Waals surface area contributed by atoms with Crippen LogP contribution in [0.15, 0.2) is 0 Å². The maximum atomic E-state index is 5.65. The molecule has 98 valence electrons. The molecule has 0 saturated heterocycles. The van der Waals surface area contributed by atoms with Crippen molar-refractivity contribution in [3.63, 3.8) is 0 Å². The third-order valence-corrected chi connectivity index (χ3v) is 3.10. The summed E-state index contributed by atoms with van der Waals surface area (Å²) in [6, 6.07) is 0. The zero-order chi connectivity index (χ0) is 12.2. The van der Waals surface area contributed by atoms with Crippen LogP contribution in [0, 0.1) is 5.92 Å². The molecule has 0 fully saturated rings. The summed E-state index contributed by atoms with van der Waals surface area (Å²) < 4.78 is 11.2. The molecule has 0 aromatic rings. The molecule has 0 radical (unpaired) electrons. The first-order valence-corrected chi connectivity index (χ1v) is 6.93. The van der Waals surface area contributed by atoms with Gasteiger partial charge in [-0.15, -0.1) is 0 Å². The van der Waals surface area contributed by atoms with Gasteiger partial charge < -0.3 is 9.47 Å². The monoisotopic (exact) mass is 230 g/mol. The van der Waals surface area contributed by atoms with Crippen molar-refractivity contribution in [3.05, 3.63) is 0 Å². The van der Waals surface area contributed by atoms with Crippen molar-refractivity contribution in [3.8, 4) is 0 Å². The molecule has 0 aromatic carbocycles. The average molecular weight is 230 g/mol. The molecule has 0 rings (SSSR count). The molecule has 0 saturated carbocycles. The highest BCUT2D eigenvalue weighted by atomic mass is 16.5. The van der Waals surface area contributed by atoms with Crippen LogP contribution in [0.4, 0.5) is 0 Å². The molecule has 0 aromatic heterocycles. The highest BCUT2D eigenvalue weighted by Gasteiger charge is 2.05. The Kier molecular flexibility index (Phi) is 11.3. The molecule has 16 heavy (non-hydrogen) atoms. The number of hydrogen-bond donors (Lipinski definition) is 0. The summed E-state index contributed by atoms with van der Waals surface area (Å²) >= 11 is 0. The fourth-order valence-electron chi connectivity index (χ4n) is 1.57. The fraction of sp³-hybridized carbons (Fsp3) is 1.00. The third kappa shape index (κ3) is 9.17. The summed E-state index contributed by atoms with van der Waals surface area (Å²) in [4.78, 5) is 0. The van der Waals surface area contributed by atoms with Gasteiger partial charge in [-0.05, 0) is 25.7 Å². The molecule has 0 aliphatic rings. The van der Waals surface area contributed by atoms with Crippen LogP contribution in [0.1, 0.15) is 59.8 Å². The van der Waals surface area contributed by atoms with Crippen LogP contribution in [0.25, 0.3) is 0 Å². The Morgan fingerprint density at radius 1 is 1.00 bits per heavy atom. The standard InChI is InChI=1S/C14H30O2/c1-5-8-9-14(7-3)12-15-10-11-16-13(4)6-2/h13-14H,5-12H2,1-4H3. The van der Waals surface area contributed by atoms with Crippen LogP contribution in [0.3, 0.4) is 0 Å². The van der Waals surface area contributed by atoms with Crippen molar-refractivity contribution < 1.29 is 9.47 Å². The van der Waals surface area contributed by atoms with Gasteiger partial charge in [-0.2, -0.15) is 0 Å². The lowest BCUT2D eigenvalue weighted by molar-refractivity contribution is 0.00131. The maximum Gasteiger partial charge on any atom is 0.0704 e. The van der Waals surface area contributed by atoms with Crippen LogP contribution < -0.4 is 0 Å². The Labute approximate surface area is 102 Å². The minimum atomic E-state index is 0.366. The third-order valence-electron chi connectivity index (χ3n) is 3.10. The molecular formula is C14H30O2. The van der Waals surface area contributed by atoms with E-state index in [0.29, 0.717) is 6.10 Å². The van der Waals surface area contributed by atoms with Crippen molar-refractivity contribution in [2.24, 2.45) is 5.92 Å². The second-order valence-electron chi connectivity index (χ2n) is 4.58. The molecule has 0 spiro atoms. The van der Waals surface area contributed by atoms with Gasteiger partial charge in [0.2, 0.25) is 0 Å². The minimum Gasteiger partial charge on any atom is -0.379 e. The molecule has 0 aliphatic carbocycles. The van der Waals surface area contributed by atoms with E-state index in [2.05, 4.69) is 27.7 Å². The Morgan fingerprint density at radius 2 is 1.75 bits per heavy atom. The Hall–Kier alpha value is -0.0800. The summed E-state index contributed by atoms with van der Waals surface area (Å²) in [7, 11) is 0. The zero-order valence-corrected chi connectivity index (χ0v) is 11.6. The molecule has 0 aliphatic heterocycles. The van der Waals surface area contributed by atoms with Crippen LogP contribution in [0.5, 0.6) is 0 Å². The average Bonchev–Trinajstić information content (AvgIpc) is 2.32. The molecule has 0 amide bonds. The SMILES string of the molecule is CCCCC(CC)COCCOC(C)CC. The quantitative estimate of drug-likeness (QED) is 0.499. The van der Waals surface area contributed by atoms with Gasteiger partial charge in [0.1, 0.15) is 0 Å². The van der Waals surface area contributed by atoms with E-state index in [1.807, 2.05) is 0 Å². The van der Waals surface area contributed by atoms with Gasteiger partial charge in [0.05, 0.1) is 19.3 Å². The Bertz CT molecular complexity index is 137. The van der Waals surface area contributed by atoms with Gasteiger partial charge in [0.15, 0.2) is 0 Å². The van der Waals surface area contributed by atoms with E-state index < -0.39 is 0 Å². The molecule has 2 nitrogen and oxygen atoms in total. The first-order chi connectivity index (χ1) is 7.74. The highest BCUT2D eigenvalue weighted by Crippen LogP contribution is 2.12. The molecule has 2 unspecified atom stereocenters. The first-order valence-electron chi connectivity index (χ1n) is 6.93. The maximum absolute atomic E-state index is 5.65. The Balaban J connectivity index is 3.33. The van der Waals surface area contributed by atoms with Gasteiger partial charge in [0.25, 0.3) is 0 Å². The van der Waals surface area contributed by atoms with E-state index >= 15 is 0 Å². The summed E-state index contributed by atoms with van der Waals surface area (Å²) in [6.07, 6.45) is 6.59. The van der Waals surface area contributed by atoms with E-state index in [1.165, 1.54) is 25.7 Å². The van der Waals surface area contributed by atoms with Crippen LogP contribution >= 0.6 is 0 Å². The predicted octanol–water partition coefficient (Wildman–Crippen LogP) is 4.03. The van der Waals surface area contributed by atoms with Gasteiger partial charge in [0, 0.05) is 6.61 Å². The molecule has 2 heteroatoms. The number of unbranched alkanes of at least 4 members (excludes halogenated alkanes) is 1. The first kappa shape index (κ1) is 15.9. The van der Waals surface area contributed by atoms with E-state index in [1.54, 1.807) is 0 Å².